The molecule has 0 aliphatic carbocycles. The first-order chi connectivity index (χ1) is 11.2. The van der Waals surface area contributed by atoms with Crippen molar-refractivity contribution in [3.8, 4) is 0 Å². The van der Waals surface area contributed by atoms with E-state index in [2.05, 4.69) is 41.0 Å². The van der Waals surface area contributed by atoms with Crippen LogP contribution in [0.4, 0.5) is 0 Å². The van der Waals surface area contributed by atoms with Gasteiger partial charge in [0.05, 0.1) is 24.3 Å². The molecule has 2 heterocycles. The van der Waals surface area contributed by atoms with E-state index in [0.717, 1.165) is 0 Å². The summed E-state index contributed by atoms with van der Waals surface area (Å²) in [6, 6.07) is 0. The number of hydrogen-bond acceptors (Lipinski definition) is 8. The zero-order valence-electron chi connectivity index (χ0n) is 12.0. The molecule has 0 aromatic carbocycles. The van der Waals surface area contributed by atoms with E-state index >= 15 is 0 Å². The van der Waals surface area contributed by atoms with Gasteiger partial charge >= 0.3 is 0 Å². The smallest absolute Gasteiger partial charge is 0.265 e. The highest BCUT2D eigenvalue weighted by Gasteiger charge is 2.05. The molecule has 0 saturated carbocycles. The van der Waals surface area contributed by atoms with E-state index in [9.17, 15) is 9.59 Å². The van der Waals surface area contributed by atoms with Crippen molar-refractivity contribution in [3.05, 3.63) is 48.6 Å². The molecule has 0 aliphatic heterocycles. The molecule has 0 saturated heterocycles. The highest BCUT2D eigenvalue weighted by molar-refractivity contribution is 6.29. The summed E-state index contributed by atoms with van der Waals surface area (Å²) >= 11 is 0. The summed E-state index contributed by atoms with van der Waals surface area (Å²) in [6.45, 7) is 1.59. The molecule has 2 amide bonds. The molecule has 0 unspecified atom stereocenters. The number of aromatic nitrogens is 4. The second-order valence-electron chi connectivity index (χ2n) is 4.07. The third kappa shape index (κ3) is 5.04. The van der Waals surface area contributed by atoms with Gasteiger partial charge in [0, 0.05) is 24.8 Å². The van der Waals surface area contributed by atoms with Gasteiger partial charge in [-0.3, -0.25) is 19.6 Å². The summed E-state index contributed by atoms with van der Waals surface area (Å²) in [4.78, 5) is 38.5. The lowest BCUT2D eigenvalue weighted by atomic mass is 10.4. The normalized spacial score (nSPS) is 11.3. The molecular formula is C13H12N8O2. The van der Waals surface area contributed by atoms with Crippen molar-refractivity contribution in [2.45, 2.75) is 6.92 Å². The summed E-state index contributed by atoms with van der Waals surface area (Å²) in [5.74, 6) is -1.01. The van der Waals surface area contributed by atoms with E-state index in [1.165, 1.54) is 43.4 Å². The lowest BCUT2D eigenvalue weighted by Crippen LogP contribution is -2.22. The number of hydrogen-bond donors (Lipinski definition) is 2. The molecule has 2 aromatic heterocycles. The molecule has 0 radical (unpaired) electrons. The Kier molecular flexibility index (Phi) is 5.52. The number of amides is 2. The molecule has 116 valence electrons. The summed E-state index contributed by atoms with van der Waals surface area (Å²) < 4.78 is 0. The van der Waals surface area contributed by atoms with Gasteiger partial charge in [-0.05, 0) is 6.92 Å². The highest BCUT2D eigenvalue weighted by atomic mass is 16.2. The molecule has 2 rings (SSSR count). The van der Waals surface area contributed by atoms with Crippen LogP contribution in [0.2, 0.25) is 0 Å². The molecule has 23 heavy (non-hydrogen) atoms. The van der Waals surface area contributed by atoms with E-state index in [4.69, 9.17) is 0 Å². The topological polar surface area (TPSA) is 134 Å². The largest absolute Gasteiger partial charge is 0.291 e. The number of nitrogens with one attached hydrogen (secondary N) is 2. The van der Waals surface area contributed by atoms with Gasteiger partial charge in [0.25, 0.3) is 11.8 Å². The minimum atomic E-state index is -0.509. The van der Waals surface area contributed by atoms with Crippen molar-refractivity contribution in [3.63, 3.8) is 0 Å². The predicted octanol–water partition coefficient (Wildman–Crippen LogP) is -0.212. The quantitative estimate of drug-likeness (QED) is 0.579. The Morgan fingerprint density at radius 1 is 0.957 bits per heavy atom. The number of carbonyl (C=O) groups is 2. The minimum absolute atomic E-state index is 0.134. The molecule has 10 nitrogen and oxygen atoms in total. The van der Waals surface area contributed by atoms with Crippen LogP contribution in [-0.2, 0) is 0 Å². The highest BCUT2D eigenvalue weighted by Crippen LogP contribution is 1.90. The third-order valence-electron chi connectivity index (χ3n) is 2.34. The monoisotopic (exact) mass is 312 g/mol. The maximum atomic E-state index is 11.7. The van der Waals surface area contributed by atoms with Crippen LogP contribution in [0.25, 0.3) is 0 Å². The summed E-state index contributed by atoms with van der Waals surface area (Å²) in [5, 5.41) is 7.49. The van der Waals surface area contributed by atoms with Crippen molar-refractivity contribution in [2.75, 3.05) is 0 Å². The van der Waals surface area contributed by atoms with E-state index in [1.54, 1.807) is 6.92 Å². The van der Waals surface area contributed by atoms with Gasteiger partial charge < -0.3 is 0 Å². The molecule has 2 aromatic rings. The van der Waals surface area contributed by atoms with Crippen LogP contribution >= 0.6 is 0 Å². The van der Waals surface area contributed by atoms with Gasteiger partial charge in [0.15, 0.2) is 0 Å². The van der Waals surface area contributed by atoms with E-state index in [1.807, 2.05) is 0 Å². The van der Waals surface area contributed by atoms with Gasteiger partial charge in [0.1, 0.15) is 11.4 Å². The van der Waals surface area contributed by atoms with Gasteiger partial charge in [-0.25, -0.2) is 20.8 Å². The van der Waals surface area contributed by atoms with Crippen LogP contribution in [0.15, 0.2) is 47.4 Å². The molecule has 0 spiro atoms. The van der Waals surface area contributed by atoms with Gasteiger partial charge in [-0.15, -0.1) is 0 Å². The van der Waals surface area contributed by atoms with Crippen molar-refractivity contribution in [1.29, 1.82) is 0 Å². The molecule has 0 fully saturated rings. The zero-order chi connectivity index (χ0) is 16.5. The molecule has 0 aliphatic rings. The van der Waals surface area contributed by atoms with Crippen LogP contribution in [0.1, 0.15) is 27.9 Å². The minimum Gasteiger partial charge on any atom is -0.265 e. The number of nitrogens with zero attached hydrogens (tertiary/aromatic N) is 6. The standard InChI is InChI=1S/C13H12N8O2/c1-9(19-21-13(23)11-8-15-3-5-17-11)6-18-20-12(22)10-7-14-2-4-16-10/h2-8H,1H3,(H,20,22)(H,21,23)/b18-6+,19-9-. The predicted molar refractivity (Wildman–Crippen MR) is 80.6 cm³/mol. The Labute approximate surface area is 130 Å². The average Bonchev–Trinajstić information content (AvgIpc) is 2.61. The fraction of sp³-hybridized carbons (Fsp3) is 0.0769. The van der Waals surface area contributed by atoms with E-state index in [-0.39, 0.29) is 11.4 Å². The van der Waals surface area contributed by atoms with Crippen LogP contribution in [0, 0.1) is 0 Å². The first-order valence-corrected chi connectivity index (χ1v) is 6.37. The zero-order valence-corrected chi connectivity index (χ0v) is 12.0. The Balaban J connectivity index is 1.85. The van der Waals surface area contributed by atoms with Gasteiger partial charge in [-0.2, -0.15) is 10.2 Å². The maximum Gasteiger partial charge on any atom is 0.291 e. The Hall–Kier alpha value is -3.56. The Bertz CT molecular complexity index is 730. The number of rotatable bonds is 5. The second kappa shape index (κ2) is 8.02. The van der Waals surface area contributed by atoms with Crippen LogP contribution in [-0.4, -0.2) is 43.7 Å². The maximum absolute atomic E-state index is 11.7. The lowest BCUT2D eigenvalue weighted by Gasteiger charge is -1.99. The fourth-order valence-electron chi connectivity index (χ4n) is 1.30. The summed E-state index contributed by atoms with van der Waals surface area (Å²) in [5.41, 5.74) is 5.18. The SMILES string of the molecule is CC(/C=N/NC(=O)c1cnccn1)=N/NC(=O)c1cnccn1. The summed E-state index contributed by atoms with van der Waals surface area (Å²) in [7, 11) is 0. The molecular weight excluding hydrogens is 300 g/mol. The lowest BCUT2D eigenvalue weighted by molar-refractivity contribution is 0.0941. The molecule has 0 bridgehead atoms. The molecule has 2 N–H and O–H groups in total. The van der Waals surface area contributed by atoms with Crippen LogP contribution < -0.4 is 10.9 Å². The second-order valence-corrected chi connectivity index (χ2v) is 4.07. The van der Waals surface area contributed by atoms with Gasteiger partial charge in [-0.1, -0.05) is 0 Å². The first-order valence-electron chi connectivity index (χ1n) is 6.37. The molecule has 10 heteroatoms. The van der Waals surface area contributed by atoms with E-state index in [0.29, 0.717) is 5.71 Å². The molecule has 0 atom stereocenters. The van der Waals surface area contributed by atoms with Crippen LogP contribution in [0.3, 0.4) is 0 Å². The van der Waals surface area contributed by atoms with Gasteiger partial charge in [0.2, 0.25) is 0 Å². The Morgan fingerprint density at radius 2 is 1.52 bits per heavy atom. The number of hydrazone groups is 2. The Morgan fingerprint density at radius 3 is 2.04 bits per heavy atom. The first kappa shape index (κ1) is 15.8. The van der Waals surface area contributed by atoms with E-state index < -0.39 is 11.8 Å². The van der Waals surface area contributed by atoms with Crippen LogP contribution in [0.5, 0.6) is 0 Å². The van der Waals surface area contributed by atoms with Crippen molar-refractivity contribution >= 4 is 23.7 Å². The van der Waals surface area contributed by atoms with Crippen molar-refractivity contribution in [2.24, 2.45) is 10.2 Å². The summed E-state index contributed by atoms with van der Waals surface area (Å²) in [6.07, 6.45) is 9.60. The average molecular weight is 312 g/mol. The van der Waals surface area contributed by atoms with Crippen molar-refractivity contribution < 1.29 is 9.59 Å². The fourth-order valence-corrected chi connectivity index (χ4v) is 1.30. The van der Waals surface area contributed by atoms with Crippen molar-refractivity contribution in [1.82, 2.24) is 30.8 Å². The number of carbonyl (C=O) groups excluding carboxylic acids is 2. The third-order valence-corrected chi connectivity index (χ3v) is 2.34.